The molecule has 2 heterocycles. The van der Waals surface area contributed by atoms with Gasteiger partial charge in [0.15, 0.2) is 0 Å². The molecular formula is C22H32N4O4. The molecule has 2 saturated heterocycles. The van der Waals surface area contributed by atoms with Crippen LogP contribution in [0.1, 0.15) is 49.0 Å². The summed E-state index contributed by atoms with van der Waals surface area (Å²) in [6.45, 7) is 10.2. The molecule has 0 aliphatic carbocycles. The fourth-order valence-electron chi connectivity index (χ4n) is 4.87. The van der Waals surface area contributed by atoms with Crippen LogP contribution in [0.25, 0.3) is 0 Å². The average Bonchev–Trinajstić information content (AvgIpc) is 3.16. The highest BCUT2D eigenvalue weighted by molar-refractivity contribution is 5.98. The van der Waals surface area contributed by atoms with Gasteiger partial charge in [-0.2, -0.15) is 0 Å². The Labute approximate surface area is 177 Å². The van der Waals surface area contributed by atoms with Crippen molar-refractivity contribution in [1.82, 2.24) is 15.1 Å². The number of nitro groups is 1. The maximum Gasteiger partial charge on any atom is 0.272 e. The van der Waals surface area contributed by atoms with Crippen LogP contribution in [0.15, 0.2) is 18.2 Å². The van der Waals surface area contributed by atoms with Crippen molar-refractivity contribution >= 4 is 17.5 Å². The first-order valence-corrected chi connectivity index (χ1v) is 10.8. The van der Waals surface area contributed by atoms with Gasteiger partial charge in [0.1, 0.15) is 6.04 Å². The molecule has 3 rings (SSSR count). The van der Waals surface area contributed by atoms with Crippen LogP contribution in [0, 0.1) is 28.9 Å². The number of rotatable bonds is 6. The van der Waals surface area contributed by atoms with Crippen LogP contribution >= 0.6 is 0 Å². The van der Waals surface area contributed by atoms with Crippen molar-refractivity contribution in [2.75, 3.05) is 32.7 Å². The lowest BCUT2D eigenvalue weighted by atomic mass is 9.92. The zero-order chi connectivity index (χ0) is 21.8. The molecule has 2 amide bonds. The highest BCUT2D eigenvalue weighted by Crippen LogP contribution is 2.24. The van der Waals surface area contributed by atoms with Crippen LogP contribution in [0.3, 0.4) is 0 Å². The highest BCUT2D eigenvalue weighted by Gasteiger charge is 2.34. The Balaban J connectivity index is 1.57. The van der Waals surface area contributed by atoms with Crippen molar-refractivity contribution in [3.63, 3.8) is 0 Å². The minimum absolute atomic E-state index is 0.0105. The predicted molar refractivity (Wildman–Crippen MR) is 114 cm³/mol. The molecule has 8 nitrogen and oxygen atoms in total. The van der Waals surface area contributed by atoms with Crippen LogP contribution in [-0.2, 0) is 4.79 Å². The molecular weight excluding hydrogens is 384 g/mol. The summed E-state index contributed by atoms with van der Waals surface area (Å²) in [6.07, 6.45) is 2.67. The summed E-state index contributed by atoms with van der Waals surface area (Å²) in [6, 6.07) is 3.88. The van der Waals surface area contributed by atoms with Crippen molar-refractivity contribution in [3.05, 3.63) is 39.4 Å². The minimum atomic E-state index is -0.479. The number of aryl methyl sites for hydroxylation is 1. The van der Waals surface area contributed by atoms with E-state index in [4.69, 9.17) is 0 Å². The zero-order valence-corrected chi connectivity index (χ0v) is 18.1. The van der Waals surface area contributed by atoms with E-state index < -0.39 is 11.0 Å². The van der Waals surface area contributed by atoms with Gasteiger partial charge in [0, 0.05) is 49.9 Å². The molecule has 1 aromatic carbocycles. The summed E-state index contributed by atoms with van der Waals surface area (Å²) in [5.41, 5.74) is 0.814. The highest BCUT2D eigenvalue weighted by atomic mass is 16.6. The molecule has 2 aliphatic rings. The molecule has 2 aliphatic heterocycles. The van der Waals surface area contributed by atoms with E-state index in [9.17, 15) is 19.7 Å². The lowest BCUT2D eigenvalue weighted by Gasteiger charge is -2.35. The van der Waals surface area contributed by atoms with Crippen molar-refractivity contribution in [3.8, 4) is 0 Å². The van der Waals surface area contributed by atoms with E-state index in [0.29, 0.717) is 42.5 Å². The van der Waals surface area contributed by atoms with Crippen LogP contribution in [0.4, 0.5) is 5.69 Å². The normalized spacial score (nSPS) is 24.6. The first-order valence-electron chi connectivity index (χ1n) is 10.8. The van der Waals surface area contributed by atoms with Crippen molar-refractivity contribution < 1.29 is 14.5 Å². The summed E-state index contributed by atoms with van der Waals surface area (Å²) in [5, 5.41) is 14.0. The maximum absolute atomic E-state index is 13.0. The Hall–Kier alpha value is -2.48. The zero-order valence-electron chi connectivity index (χ0n) is 18.1. The van der Waals surface area contributed by atoms with Gasteiger partial charge in [0.2, 0.25) is 5.91 Å². The minimum Gasteiger partial charge on any atom is -0.353 e. The summed E-state index contributed by atoms with van der Waals surface area (Å²) in [7, 11) is 0. The second-order valence-electron chi connectivity index (χ2n) is 8.91. The Morgan fingerprint density at radius 3 is 2.57 bits per heavy atom. The molecule has 0 radical (unpaired) electrons. The molecule has 1 aromatic rings. The Morgan fingerprint density at radius 2 is 1.93 bits per heavy atom. The third-order valence-electron chi connectivity index (χ3n) is 6.13. The van der Waals surface area contributed by atoms with Crippen LogP contribution < -0.4 is 5.32 Å². The van der Waals surface area contributed by atoms with E-state index in [1.54, 1.807) is 11.8 Å². The Bertz CT molecular complexity index is 802. The van der Waals surface area contributed by atoms with Gasteiger partial charge in [-0.05, 0) is 50.2 Å². The third-order valence-corrected chi connectivity index (χ3v) is 6.13. The Kier molecular flexibility index (Phi) is 7.07. The smallest absolute Gasteiger partial charge is 0.272 e. The number of hydrogen-bond acceptors (Lipinski definition) is 5. The molecule has 0 saturated carbocycles. The molecule has 8 heteroatoms. The molecule has 2 fully saturated rings. The van der Waals surface area contributed by atoms with Crippen LogP contribution in [0.5, 0.6) is 0 Å². The number of likely N-dealkylation sites (tertiary alicyclic amines) is 2. The van der Waals surface area contributed by atoms with Crippen LogP contribution in [0.2, 0.25) is 0 Å². The summed E-state index contributed by atoms with van der Waals surface area (Å²) < 4.78 is 0. The molecule has 3 atom stereocenters. The largest absolute Gasteiger partial charge is 0.353 e. The first kappa shape index (κ1) is 22.2. The van der Waals surface area contributed by atoms with E-state index >= 15 is 0 Å². The fourth-order valence-corrected chi connectivity index (χ4v) is 4.87. The SMILES string of the molecule is Cc1cc(C(=O)N2CCCC2C(=O)NCCN2CC(C)CC(C)C2)ccc1[N+](=O)[O-]. The van der Waals surface area contributed by atoms with Crippen molar-refractivity contribution in [2.24, 2.45) is 11.8 Å². The molecule has 1 N–H and O–H groups in total. The fraction of sp³-hybridized carbons (Fsp3) is 0.636. The monoisotopic (exact) mass is 416 g/mol. The lowest BCUT2D eigenvalue weighted by Crippen LogP contribution is -2.48. The maximum atomic E-state index is 13.0. The third kappa shape index (κ3) is 5.16. The molecule has 164 valence electrons. The second-order valence-corrected chi connectivity index (χ2v) is 8.91. The topological polar surface area (TPSA) is 95.8 Å². The molecule has 0 spiro atoms. The van der Waals surface area contributed by atoms with Crippen molar-refractivity contribution in [2.45, 2.75) is 46.1 Å². The van der Waals surface area contributed by atoms with Crippen LogP contribution in [-0.4, -0.2) is 65.3 Å². The van der Waals surface area contributed by atoms with Gasteiger partial charge in [0.05, 0.1) is 4.92 Å². The van der Waals surface area contributed by atoms with Gasteiger partial charge >= 0.3 is 0 Å². The number of carbonyl (C=O) groups excluding carboxylic acids is 2. The summed E-state index contributed by atoms with van der Waals surface area (Å²) in [5.74, 6) is 0.997. The Morgan fingerprint density at radius 1 is 1.23 bits per heavy atom. The van der Waals surface area contributed by atoms with E-state index in [0.717, 1.165) is 26.1 Å². The number of piperidine rings is 1. The number of nitro benzene ring substituents is 1. The van der Waals surface area contributed by atoms with Gasteiger partial charge < -0.3 is 15.1 Å². The number of nitrogens with zero attached hydrogens (tertiary/aromatic N) is 3. The number of benzene rings is 1. The van der Waals surface area contributed by atoms with E-state index in [1.165, 1.54) is 24.6 Å². The number of nitrogens with one attached hydrogen (secondary N) is 1. The molecule has 30 heavy (non-hydrogen) atoms. The average molecular weight is 417 g/mol. The summed E-state index contributed by atoms with van der Waals surface area (Å²) in [4.78, 5) is 40.3. The number of hydrogen-bond donors (Lipinski definition) is 1. The lowest BCUT2D eigenvalue weighted by molar-refractivity contribution is -0.385. The molecule has 0 bridgehead atoms. The quantitative estimate of drug-likeness (QED) is 0.568. The van der Waals surface area contributed by atoms with Gasteiger partial charge in [-0.3, -0.25) is 19.7 Å². The van der Waals surface area contributed by atoms with Gasteiger partial charge in [-0.15, -0.1) is 0 Å². The standard InChI is InChI=1S/C22H32N4O4/c1-15-11-16(2)14-24(13-15)10-8-23-21(27)20-5-4-9-25(20)22(28)18-6-7-19(26(29)30)17(3)12-18/h6-7,12,15-16,20H,4-5,8-11,13-14H2,1-3H3,(H,23,27). The molecule has 0 aromatic heterocycles. The molecule has 3 unspecified atom stereocenters. The van der Waals surface area contributed by atoms with Crippen molar-refractivity contribution in [1.29, 1.82) is 0 Å². The van der Waals surface area contributed by atoms with E-state index in [1.807, 2.05) is 0 Å². The number of amides is 2. The predicted octanol–water partition coefficient (Wildman–Crippen LogP) is 2.60. The van der Waals surface area contributed by atoms with E-state index in [2.05, 4.69) is 24.1 Å². The van der Waals surface area contributed by atoms with Gasteiger partial charge in [-0.1, -0.05) is 13.8 Å². The van der Waals surface area contributed by atoms with Gasteiger partial charge in [0.25, 0.3) is 11.6 Å². The van der Waals surface area contributed by atoms with E-state index in [-0.39, 0.29) is 17.5 Å². The second kappa shape index (κ2) is 9.55. The first-order chi connectivity index (χ1) is 14.3. The number of carbonyl (C=O) groups is 2. The van der Waals surface area contributed by atoms with Gasteiger partial charge in [-0.25, -0.2) is 0 Å². The summed E-state index contributed by atoms with van der Waals surface area (Å²) >= 11 is 0.